The van der Waals surface area contributed by atoms with Crippen LogP contribution in [0.1, 0.15) is 27.2 Å². The lowest BCUT2D eigenvalue weighted by molar-refractivity contribution is 0.446. The molecule has 0 fully saturated rings. The molecule has 1 N–H and O–H groups in total. The summed E-state index contributed by atoms with van der Waals surface area (Å²) >= 11 is 0. The zero-order chi connectivity index (χ0) is 7.98. The topological polar surface area (TPSA) is 23.9 Å². The minimum Gasteiger partial charge on any atom is -0.309 e. The second kappa shape index (κ2) is 5.21. The fraction of sp³-hybridized carbons (Fsp3) is 0.667. The molecule has 0 aliphatic rings. The van der Waals surface area contributed by atoms with Crippen LogP contribution in [0.25, 0.3) is 0 Å². The number of hydrogen-bond acceptors (Lipinski definition) is 1. The lowest BCUT2D eigenvalue weighted by atomic mass is 9.93. The van der Waals surface area contributed by atoms with Gasteiger partial charge in [0.15, 0.2) is 0 Å². The lowest BCUT2D eigenvalue weighted by Crippen LogP contribution is -2.02. The Morgan fingerprint density at radius 1 is 1.40 bits per heavy atom. The van der Waals surface area contributed by atoms with Crippen molar-refractivity contribution in [1.29, 1.82) is 5.41 Å². The van der Waals surface area contributed by atoms with Crippen LogP contribution in [-0.4, -0.2) is 6.21 Å². The van der Waals surface area contributed by atoms with Gasteiger partial charge in [-0.2, -0.15) is 0 Å². The summed E-state index contributed by atoms with van der Waals surface area (Å²) in [6, 6.07) is 0. The van der Waals surface area contributed by atoms with Gasteiger partial charge >= 0.3 is 0 Å². The SMILES string of the molecule is CCC(C)C(C)/C=C\C=N. The molecule has 1 heteroatoms. The Bertz CT molecular complexity index is 116. The quantitative estimate of drug-likeness (QED) is 0.579. The van der Waals surface area contributed by atoms with Gasteiger partial charge < -0.3 is 5.41 Å². The van der Waals surface area contributed by atoms with E-state index in [9.17, 15) is 0 Å². The van der Waals surface area contributed by atoms with Crippen molar-refractivity contribution in [3.63, 3.8) is 0 Å². The second-order valence-corrected chi connectivity index (χ2v) is 2.80. The Kier molecular flexibility index (Phi) is 4.91. The molecule has 0 aromatic carbocycles. The van der Waals surface area contributed by atoms with E-state index < -0.39 is 0 Å². The second-order valence-electron chi connectivity index (χ2n) is 2.80. The molecule has 0 rings (SSSR count). The molecule has 2 atom stereocenters. The number of allylic oxidation sites excluding steroid dienone is 2. The van der Waals surface area contributed by atoms with Crippen LogP contribution >= 0.6 is 0 Å². The maximum atomic E-state index is 6.78. The van der Waals surface area contributed by atoms with Crippen molar-refractivity contribution in [2.45, 2.75) is 27.2 Å². The van der Waals surface area contributed by atoms with E-state index in [4.69, 9.17) is 5.41 Å². The van der Waals surface area contributed by atoms with Crippen LogP contribution in [0.5, 0.6) is 0 Å². The zero-order valence-electron chi connectivity index (χ0n) is 7.09. The summed E-state index contributed by atoms with van der Waals surface area (Å²) in [5, 5.41) is 6.78. The average Bonchev–Trinajstić information content (AvgIpc) is 1.98. The van der Waals surface area contributed by atoms with Gasteiger partial charge in [-0.05, 0) is 17.9 Å². The molecule has 0 aromatic rings. The van der Waals surface area contributed by atoms with Gasteiger partial charge in [0.25, 0.3) is 0 Å². The Hall–Kier alpha value is -0.590. The first kappa shape index (κ1) is 9.41. The highest BCUT2D eigenvalue weighted by molar-refractivity contribution is 5.67. The summed E-state index contributed by atoms with van der Waals surface area (Å²) in [5.74, 6) is 1.34. The molecular weight excluding hydrogens is 122 g/mol. The van der Waals surface area contributed by atoms with Gasteiger partial charge in [0.1, 0.15) is 0 Å². The largest absolute Gasteiger partial charge is 0.309 e. The lowest BCUT2D eigenvalue weighted by Gasteiger charge is -2.12. The van der Waals surface area contributed by atoms with Crippen LogP contribution in [0, 0.1) is 17.2 Å². The highest BCUT2D eigenvalue weighted by atomic mass is 14.3. The summed E-state index contributed by atoms with van der Waals surface area (Å²) in [4.78, 5) is 0. The first-order valence-electron chi connectivity index (χ1n) is 3.89. The Morgan fingerprint density at radius 3 is 2.40 bits per heavy atom. The third-order valence-corrected chi connectivity index (χ3v) is 2.05. The summed E-state index contributed by atoms with van der Waals surface area (Å²) in [7, 11) is 0. The van der Waals surface area contributed by atoms with Crippen LogP contribution in [0.2, 0.25) is 0 Å². The van der Waals surface area contributed by atoms with Crippen LogP contribution in [-0.2, 0) is 0 Å². The molecule has 0 amide bonds. The van der Waals surface area contributed by atoms with Crippen molar-refractivity contribution in [2.24, 2.45) is 11.8 Å². The smallest absolute Gasteiger partial charge is 0.0174 e. The molecule has 0 spiro atoms. The van der Waals surface area contributed by atoms with Crippen molar-refractivity contribution < 1.29 is 0 Å². The zero-order valence-corrected chi connectivity index (χ0v) is 7.09. The number of nitrogens with one attached hydrogen (secondary N) is 1. The van der Waals surface area contributed by atoms with Gasteiger partial charge in [-0.15, -0.1) is 0 Å². The fourth-order valence-corrected chi connectivity index (χ4v) is 0.792. The van der Waals surface area contributed by atoms with Crippen molar-refractivity contribution >= 4 is 6.21 Å². The molecule has 0 heterocycles. The van der Waals surface area contributed by atoms with E-state index in [-0.39, 0.29) is 0 Å². The average molecular weight is 139 g/mol. The first-order valence-corrected chi connectivity index (χ1v) is 3.89. The van der Waals surface area contributed by atoms with Crippen LogP contribution in [0.15, 0.2) is 12.2 Å². The molecule has 0 saturated heterocycles. The molecule has 1 nitrogen and oxygen atoms in total. The molecule has 0 bridgehead atoms. The summed E-state index contributed by atoms with van der Waals surface area (Å²) in [5.41, 5.74) is 0. The molecule has 0 radical (unpaired) electrons. The van der Waals surface area contributed by atoms with E-state index in [0.717, 1.165) is 5.92 Å². The number of hydrogen-bond donors (Lipinski definition) is 1. The Labute approximate surface area is 63.7 Å². The molecular formula is C9H17N. The van der Waals surface area contributed by atoms with E-state index >= 15 is 0 Å². The Morgan fingerprint density at radius 2 is 2.00 bits per heavy atom. The highest BCUT2D eigenvalue weighted by Crippen LogP contribution is 2.14. The molecule has 0 aromatic heterocycles. The van der Waals surface area contributed by atoms with E-state index in [1.807, 2.05) is 0 Å². The van der Waals surface area contributed by atoms with Crippen molar-refractivity contribution in [3.8, 4) is 0 Å². The van der Waals surface area contributed by atoms with Crippen molar-refractivity contribution in [1.82, 2.24) is 0 Å². The fourth-order valence-electron chi connectivity index (χ4n) is 0.792. The van der Waals surface area contributed by atoms with Gasteiger partial charge in [0.05, 0.1) is 0 Å². The maximum absolute atomic E-state index is 6.78. The molecule has 10 heavy (non-hydrogen) atoms. The maximum Gasteiger partial charge on any atom is 0.0174 e. The van der Waals surface area contributed by atoms with Gasteiger partial charge in [-0.1, -0.05) is 33.3 Å². The summed E-state index contributed by atoms with van der Waals surface area (Å²) in [6.45, 7) is 6.62. The minimum atomic E-state index is 0.603. The van der Waals surface area contributed by atoms with Gasteiger partial charge in [-0.25, -0.2) is 0 Å². The van der Waals surface area contributed by atoms with E-state index in [0.29, 0.717) is 5.92 Å². The predicted molar refractivity (Wildman–Crippen MR) is 46.5 cm³/mol. The molecule has 0 aliphatic heterocycles. The van der Waals surface area contributed by atoms with E-state index in [2.05, 4.69) is 26.8 Å². The summed E-state index contributed by atoms with van der Waals surface area (Å²) in [6.07, 6.45) is 6.43. The monoisotopic (exact) mass is 139 g/mol. The highest BCUT2D eigenvalue weighted by Gasteiger charge is 2.04. The van der Waals surface area contributed by atoms with Crippen LogP contribution in [0.4, 0.5) is 0 Å². The van der Waals surface area contributed by atoms with E-state index in [1.165, 1.54) is 12.6 Å². The van der Waals surface area contributed by atoms with Gasteiger partial charge in [0, 0.05) is 6.21 Å². The third-order valence-electron chi connectivity index (χ3n) is 2.05. The standard InChI is InChI=1S/C9H17N/c1-4-8(2)9(3)6-5-7-10/h5-10H,4H2,1-3H3/b6-5-,10-7?. The molecule has 0 aliphatic carbocycles. The minimum absolute atomic E-state index is 0.603. The van der Waals surface area contributed by atoms with Crippen molar-refractivity contribution in [2.75, 3.05) is 0 Å². The number of rotatable bonds is 4. The van der Waals surface area contributed by atoms with Crippen LogP contribution in [0.3, 0.4) is 0 Å². The van der Waals surface area contributed by atoms with Gasteiger partial charge in [0.2, 0.25) is 0 Å². The summed E-state index contributed by atoms with van der Waals surface area (Å²) < 4.78 is 0. The molecule has 0 saturated carbocycles. The normalized spacial score (nSPS) is 17.1. The third kappa shape index (κ3) is 3.44. The Balaban J connectivity index is 3.70. The van der Waals surface area contributed by atoms with Crippen LogP contribution < -0.4 is 0 Å². The van der Waals surface area contributed by atoms with Gasteiger partial charge in [-0.3, -0.25) is 0 Å². The van der Waals surface area contributed by atoms with Crippen molar-refractivity contribution in [3.05, 3.63) is 12.2 Å². The first-order chi connectivity index (χ1) is 4.72. The molecule has 58 valence electrons. The predicted octanol–water partition coefficient (Wildman–Crippen LogP) is 2.87. The van der Waals surface area contributed by atoms with E-state index in [1.54, 1.807) is 6.08 Å². The molecule has 2 unspecified atom stereocenters.